The average Bonchev–Trinajstić information content (AvgIpc) is 3.30. The number of carbonyl (C=O) groups is 1. The number of rotatable bonds is 1. The lowest BCUT2D eigenvalue weighted by atomic mass is 9.49. The van der Waals surface area contributed by atoms with E-state index in [1.54, 1.807) is 5.57 Å². The Bertz CT molecular complexity index is 1150. The van der Waals surface area contributed by atoms with Gasteiger partial charge in [0.05, 0.1) is 0 Å². The number of likely N-dealkylation sites (tertiary alicyclic amines) is 1. The summed E-state index contributed by atoms with van der Waals surface area (Å²) in [6, 6.07) is 9.28. The largest absolute Gasteiger partial charge is 0.351 e. The highest BCUT2D eigenvalue weighted by Crippen LogP contribution is 2.66. The van der Waals surface area contributed by atoms with Gasteiger partial charge in [-0.05, 0) is 84.6 Å². The minimum Gasteiger partial charge on any atom is -0.351 e. The molecule has 2 aromatic rings. The maximum absolute atomic E-state index is 12.4. The SMILES string of the molecule is CN1C(=O)CC[C@@]2(C)C1=CC[C@@H]1[C@@H]2CC[C@]2(C)C(c3ccc4c(ccn4C)c3)=CC[C@@H]12. The van der Waals surface area contributed by atoms with Crippen LogP contribution in [0.2, 0.25) is 0 Å². The zero-order valence-electron chi connectivity index (χ0n) is 19.3. The monoisotopic (exact) mass is 414 g/mol. The Hall–Kier alpha value is -2.29. The van der Waals surface area contributed by atoms with E-state index in [1.807, 2.05) is 11.9 Å². The topological polar surface area (TPSA) is 25.2 Å². The fraction of sp³-hybridized carbons (Fsp3) is 0.536. The Morgan fingerprint density at radius 3 is 2.65 bits per heavy atom. The summed E-state index contributed by atoms with van der Waals surface area (Å²) < 4.78 is 2.20. The number of aromatic nitrogens is 1. The molecule has 0 spiro atoms. The number of piperidine rings is 1. The van der Waals surface area contributed by atoms with Gasteiger partial charge in [-0.15, -0.1) is 0 Å². The van der Waals surface area contributed by atoms with Crippen LogP contribution in [0.1, 0.15) is 57.9 Å². The molecule has 1 saturated carbocycles. The molecule has 0 radical (unpaired) electrons. The molecule has 0 N–H and O–H groups in total. The second-order valence-electron chi connectivity index (χ2n) is 11.1. The number of benzene rings is 1. The molecule has 2 heterocycles. The molecule has 0 unspecified atom stereocenters. The van der Waals surface area contributed by atoms with E-state index in [0.717, 1.165) is 18.8 Å². The number of fused-ring (bicyclic) bond motifs is 6. The van der Waals surface area contributed by atoms with Crippen molar-refractivity contribution in [1.82, 2.24) is 9.47 Å². The third-order valence-corrected chi connectivity index (χ3v) is 9.79. The zero-order chi connectivity index (χ0) is 21.5. The van der Waals surface area contributed by atoms with Crippen molar-refractivity contribution in [1.29, 1.82) is 0 Å². The molecule has 2 fully saturated rings. The number of amides is 1. The van der Waals surface area contributed by atoms with E-state index in [1.165, 1.54) is 41.4 Å². The fourth-order valence-corrected chi connectivity index (χ4v) is 8.04. The van der Waals surface area contributed by atoms with Crippen molar-refractivity contribution in [2.45, 2.75) is 52.4 Å². The lowest BCUT2D eigenvalue weighted by Crippen LogP contribution is -2.53. The number of aryl methyl sites for hydroxylation is 1. The number of allylic oxidation sites excluding steroid dienone is 4. The highest BCUT2D eigenvalue weighted by molar-refractivity contribution is 5.86. The number of nitrogens with zero attached hydrogens (tertiary/aromatic N) is 2. The summed E-state index contributed by atoms with van der Waals surface area (Å²) in [5, 5.41) is 1.34. The number of hydrogen-bond donors (Lipinski definition) is 0. The molecular formula is C28H34N2O. The van der Waals surface area contributed by atoms with Gasteiger partial charge in [0.2, 0.25) is 5.91 Å². The van der Waals surface area contributed by atoms with Crippen LogP contribution in [0.5, 0.6) is 0 Å². The molecule has 5 atom stereocenters. The van der Waals surface area contributed by atoms with Crippen LogP contribution in [0.15, 0.2) is 48.3 Å². The van der Waals surface area contributed by atoms with E-state index in [4.69, 9.17) is 0 Å². The lowest BCUT2D eigenvalue weighted by Gasteiger charge is -2.58. The standard InChI is InChI=1S/C28H34N2O/c1-27-14-11-23-20(6-10-25-28(23,2)15-12-26(31)30(25)4)22(27)8-7-21(27)18-5-9-24-19(17-18)13-16-29(24)3/h5,7,9-10,13,16-17,20,22-23H,6,8,11-12,14-15H2,1-4H3/t20-,22-,23-,27+,28+/m0/s1. The molecule has 3 aliphatic carbocycles. The van der Waals surface area contributed by atoms with Gasteiger partial charge < -0.3 is 9.47 Å². The molecule has 1 amide bonds. The Morgan fingerprint density at radius 1 is 0.968 bits per heavy atom. The van der Waals surface area contributed by atoms with Crippen LogP contribution in [0.4, 0.5) is 0 Å². The molecule has 1 aromatic heterocycles. The molecule has 3 heteroatoms. The molecule has 162 valence electrons. The van der Waals surface area contributed by atoms with Gasteiger partial charge in [-0.1, -0.05) is 32.1 Å². The van der Waals surface area contributed by atoms with Crippen molar-refractivity contribution in [3.8, 4) is 0 Å². The average molecular weight is 415 g/mol. The molecular weight excluding hydrogens is 380 g/mol. The summed E-state index contributed by atoms with van der Waals surface area (Å²) >= 11 is 0. The van der Waals surface area contributed by atoms with Crippen LogP contribution in [0, 0.1) is 28.6 Å². The third kappa shape index (κ3) is 2.49. The van der Waals surface area contributed by atoms with Crippen LogP contribution in [0.25, 0.3) is 16.5 Å². The Kier molecular flexibility index (Phi) is 3.99. The summed E-state index contributed by atoms with van der Waals surface area (Å²) in [6.45, 7) is 4.99. The molecule has 0 bridgehead atoms. The van der Waals surface area contributed by atoms with E-state index < -0.39 is 0 Å². The Balaban J connectivity index is 1.35. The second-order valence-corrected chi connectivity index (χ2v) is 11.1. The van der Waals surface area contributed by atoms with Crippen molar-refractivity contribution >= 4 is 22.4 Å². The van der Waals surface area contributed by atoms with Crippen molar-refractivity contribution in [2.24, 2.45) is 35.6 Å². The molecule has 3 nitrogen and oxygen atoms in total. The van der Waals surface area contributed by atoms with Crippen LogP contribution >= 0.6 is 0 Å². The lowest BCUT2D eigenvalue weighted by molar-refractivity contribution is -0.135. The predicted octanol–water partition coefficient (Wildman–Crippen LogP) is 6.16. The normalized spacial score (nSPS) is 37.2. The quantitative estimate of drug-likeness (QED) is 0.548. The van der Waals surface area contributed by atoms with E-state index in [2.05, 4.69) is 68.1 Å². The first-order chi connectivity index (χ1) is 14.8. The molecule has 1 aromatic carbocycles. The van der Waals surface area contributed by atoms with Crippen LogP contribution in [-0.2, 0) is 11.8 Å². The summed E-state index contributed by atoms with van der Waals surface area (Å²) in [5.41, 5.74) is 6.05. The Morgan fingerprint density at radius 2 is 1.81 bits per heavy atom. The van der Waals surface area contributed by atoms with E-state index >= 15 is 0 Å². The minimum atomic E-state index is 0.165. The fourth-order valence-electron chi connectivity index (χ4n) is 8.04. The van der Waals surface area contributed by atoms with Crippen molar-refractivity contribution in [3.05, 3.63) is 53.9 Å². The first kappa shape index (κ1) is 19.4. The summed E-state index contributed by atoms with van der Waals surface area (Å²) in [7, 11) is 4.12. The highest BCUT2D eigenvalue weighted by Gasteiger charge is 2.57. The molecule has 31 heavy (non-hydrogen) atoms. The maximum Gasteiger partial charge on any atom is 0.226 e. The van der Waals surface area contributed by atoms with Crippen LogP contribution in [0.3, 0.4) is 0 Å². The van der Waals surface area contributed by atoms with Gasteiger partial charge in [-0.2, -0.15) is 0 Å². The smallest absolute Gasteiger partial charge is 0.226 e. The number of carbonyl (C=O) groups excluding carboxylic acids is 1. The van der Waals surface area contributed by atoms with E-state index in [9.17, 15) is 4.79 Å². The zero-order valence-corrected chi connectivity index (χ0v) is 19.3. The molecule has 4 aliphatic rings. The van der Waals surface area contributed by atoms with Crippen LogP contribution < -0.4 is 0 Å². The van der Waals surface area contributed by atoms with Gasteiger partial charge in [-0.3, -0.25) is 4.79 Å². The first-order valence-corrected chi connectivity index (χ1v) is 12.1. The van der Waals surface area contributed by atoms with Gasteiger partial charge in [0.25, 0.3) is 0 Å². The third-order valence-electron chi connectivity index (χ3n) is 9.79. The number of hydrogen-bond acceptors (Lipinski definition) is 1. The highest BCUT2D eigenvalue weighted by atomic mass is 16.2. The van der Waals surface area contributed by atoms with Gasteiger partial charge in [0.1, 0.15) is 0 Å². The first-order valence-electron chi connectivity index (χ1n) is 12.1. The predicted molar refractivity (Wildman–Crippen MR) is 126 cm³/mol. The van der Waals surface area contributed by atoms with Gasteiger partial charge in [0, 0.05) is 48.7 Å². The summed E-state index contributed by atoms with van der Waals surface area (Å²) in [6.07, 6.45) is 13.8. The van der Waals surface area contributed by atoms with Crippen LogP contribution in [-0.4, -0.2) is 22.4 Å². The Labute approximate surface area is 185 Å². The van der Waals surface area contributed by atoms with Crippen molar-refractivity contribution in [3.63, 3.8) is 0 Å². The van der Waals surface area contributed by atoms with E-state index in [-0.39, 0.29) is 10.8 Å². The van der Waals surface area contributed by atoms with Crippen molar-refractivity contribution in [2.75, 3.05) is 7.05 Å². The van der Waals surface area contributed by atoms with Gasteiger partial charge in [-0.25, -0.2) is 0 Å². The van der Waals surface area contributed by atoms with Gasteiger partial charge in [0.15, 0.2) is 0 Å². The van der Waals surface area contributed by atoms with Crippen molar-refractivity contribution < 1.29 is 4.79 Å². The molecule has 6 rings (SSSR count). The summed E-state index contributed by atoms with van der Waals surface area (Å²) in [5.74, 6) is 2.43. The second kappa shape index (κ2) is 6.37. The minimum absolute atomic E-state index is 0.165. The summed E-state index contributed by atoms with van der Waals surface area (Å²) in [4.78, 5) is 14.3. The molecule has 1 saturated heterocycles. The molecule has 1 aliphatic heterocycles. The van der Waals surface area contributed by atoms with E-state index in [0.29, 0.717) is 24.2 Å². The van der Waals surface area contributed by atoms with Gasteiger partial charge >= 0.3 is 0 Å². The maximum atomic E-state index is 12.4.